The minimum absolute atomic E-state index is 0.251. The van der Waals surface area contributed by atoms with Gasteiger partial charge in [-0.2, -0.15) is 0 Å². The lowest BCUT2D eigenvalue weighted by atomic mass is 10.2. The highest BCUT2D eigenvalue weighted by molar-refractivity contribution is 5.76. The normalized spacial score (nSPS) is 22.0. The van der Waals surface area contributed by atoms with E-state index in [-0.39, 0.29) is 12.0 Å². The van der Waals surface area contributed by atoms with Crippen LogP contribution in [0, 0.1) is 5.92 Å². The Morgan fingerprint density at radius 3 is 2.86 bits per heavy atom. The molecule has 1 rings (SSSR count). The molecule has 0 saturated carbocycles. The number of rotatable bonds is 4. The van der Waals surface area contributed by atoms with Gasteiger partial charge in [-0.15, -0.1) is 0 Å². The summed E-state index contributed by atoms with van der Waals surface area (Å²) >= 11 is 0. The van der Waals surface area contributed by atoms with Gasteiger partial charge in [0.1, 0.15) is 0 Å². The van der Waals surface area contributed by atoms with Gasteiger partial charge >= 0.3 is 0 Å². The molecule has 14 heavy (non-hydrogen) atoms. The second-order valence-electron chi connectivity index (χ2n) is 4.33. The van der Waals surface area contributed by atoms with Crippen LogP contribution in [0.15, 0.2) is 0 Å². The fourth-order valence-electron chi connectivity index (χ4n) is 1.64. The van der Waals surface area contributed by atoms with Crippen LogP contribution in [-0.2, 0) is 9.53 Å². The van der Waals surface area contributed by atoms with E-state index in [4.69, 9.17) is 4.74 Å². The van der Waals surface area contributed by atoms with E-state index in [9.17, 15) is 4.79 Å². The SMILES string of the molecule is CCC(=O)N1CCC(OCC(C)C)C1. The summed E-state index contributed by atoms with van der Waals surface area (Å²) in [5.41, 5.74) is 0. The van der Waals surface area contributed by atoms with Crippen molar-refractivity contribution in [3.05, 3.63) is 0 Å². The first-order chi connectivity index (χ1) is 6.63. The van der Waals surface area contributed by atoms with Crippen LogP contribution in [-0.4, -0.2) is 36.6 Å². The van der Waals surface area contributed by atoms with Crippen molar-refractivity contribution >= 4 is 5.91 Å². The average molecular weight is 199 g/mol. The molecule has 0 aromatic rings. The van der Waals surface area contributed by atoms with Crippen molar-refractivity contribution in [3.63, 3.8) is 0 Å². The first-order valence-corrected chi connectivity index (χ1v) is 5.52. The molecular formula is C11H21NO2. The monoisotopic (exact) mass is 199 g/mol. The van der Waals surface area contributed by atoms with Crippen LogP contribution >= 0.6 is 0 Å². The summed E-state index contributed by atoms with van der Waals surface area (Å²) in [5.74, 6) is 0.826. The Balaban J connectivity index is 2.23. The highest BCUT2D eigenvalue weighted by atomic mass is 16.5. The number of ether oxygens (including phenoxy) is 1. The Bertz CT molecular complexity index is 192. The van der Waals surface area contributed by atoms with Gasteiger partial charge in [0.25, 0.3) is 0 Å². The predicted octanol–water partition coefficient (Wildman–Crippen LogP) is 1.67. The third-order valence-corrected chi connectivity index (χ3v) is 2.47. The molecular weight excluding hydrogens is 178 g/mol. The van der Waals surface area contributed by atoms with E-state index in [1.165, 1.54) is 0 Å². The van der Waals surface area contributed by atoms with E-state index < -0.39 is 0 Å². The molecule has 1 amide bonds. The van der Waals surface area contributed by atoms with Gasteiger partial charge in [0.15, 0.2) is 0 Å². The van der Waals surface area contributed by atoms with Crippen molar-refractivity contribution in [3.8, 4) is 0 Å². The van der Waals surface area contributed by atoms with Gasteiger partial charge in [0.2, 0.25) is 5.91 Å². The molecule has 82 valence electrons. The molecule has 0 N–H and O–H groups in total. The zero-order valence-corrected chi connectivity index (χ0v) is 9.45. The molecule has 1 heterocycles. The molecule has 3 heteroatoms. The molecule has 0 aromatic heterocycles. The molecule has 1 aliphatic rings. The van der Waals surface area contributed by atoms with Gasteiger partial charge in [-0.05, 0) is 12.3 Å². The van der Waals surface area contributed by atoms with Crippen molar-refractivity contribution < 1.29 is 9.53 Å². The summed E-state index contributed by atoms with van der Waals surface area (Å²) in [5, 5.41) is 0. The van der Waals surface area contributed by atoms with E-state index in [1.54, 1.807) is 0 Å². The van der Waals surface area contributed by atoms with E-state index in [0.29, 0.717) is 12.3 Å². The van der Waals surface area contributed by atoms with Crippen LogP contribution in [0.2, 0.25) is 0 Å². The van der Waals surface area contributed by atoms with Crippen LogP contribution < -0.4 is 0 Å². The summed E-state index contributed by atoms with van der Waals surface area (Å²) in [6.07, 6.45) is 1.88. The third kappa shape index (κ3) is 3.29. The number of hydrogen-bond donors (Lipinski definition) is 0. The van der Waals surface area contributed by atoms with Gasteiger partial charge in [0.05, 0.1) is 6.10 Å². The first-order valence-electron chi connectivity index (χ1n) is 5.52. The number of carbonyl (C=O) groups is 1. The Hall–Kier alpha value is -0.570. The van der Waals surface area contributed by atoms with Crippen molar-refractivity contribution in [2.45, 2.75) is 39.7 Å². The topological polar surface area (TPSA) is 29.5 Å². The largest absolute Gasteiger partial charge is 0.376 e. The number of carbonyl (C=O) groups excluding carboxylic acids is 1. The lowest BCUT2D eigenvalue weighted by Crippen LogP contribution is -2.29. The lowest BCUT2D eigenvalue weighted by molar-refractivity contribution is -0.130. The number of likely N-dealkylation sites (tertiary alicyclic amines) is 1. The predicted molar refractivity (Wildman–Crippen MR) is 56.1 cm³/mol. The van der Waals surface area contributed by atoms with Crippen molar-refractivity contribution in [1.82, 2.24) is 4.90 Å². The number of amides is 1. The zero-order chi connectivity index (χ0) is 10.6. The van der Waals surface area contributed by atoms with Crippen LogP contribution in [0.4, 0.5) is 0 Å². The maximum absolute atomic E-state index is 11.4. The van der Waals surface area contributed by atoms with Crippen LogP contribution in [0.25, 0.3) is 0 Å². The number of nitrogens with zero attached hydrogens (tertiary/aromatic N) is 1. The van der Waals surface area contributed by atoms with E-state index in [1.807, 2.05) is 11.8 Å². The minimum atomic E-state index is 0.251. The van der Waals surface area contributed by atoms with Gasteiger partial charge in [0, 0.05) is 26.1 Å². The fourth-order valence-corrected chi connectivity index (χ4v) is 1.64. The van der Waals surface area contributed by atoms with Crippen LogP contribution in [0.3, 0.4) is 0 Å². The smallest absolute Gasteiger partial charge is 0.222 e. The molecule has 1 saturated heterocycles. The third-order valence-electron chi connectivity index (χ3n) is 2.47. The Morgan fingerprint density at radius 1 is 1.57 bits per heavy atom. The van der Waals surface area contributed by atoms with E-state index >= 15 is 0 Å². The summed E-state index contributed by atoms with van der Waals surface area (Å²) in [6, 6.07) is 0. The molecule has 1 aliphatic heterocycles. The second-order valence-corrected chi connectivity index (χ2v) is 4.33. The Kier molecular flexibility index (Phi) is 4.39. The molecule has 3 nitrogen and oxygen atoms in total. The maximum atomic E-state index is 11.4. The van der Waals surface area contributed by atoms with Gasteiger partial charge < -0.3 is 9.64 Å². The number of hydrogen-bond acceptors (Lipinski definition) is 2. The lowest BCUT2D eigenvalue weighted by Gasteiger charge is -2.16. The quantitative estimate of drug-likeness (QED) is 0.689. The van der Waals surface area contributed by atoms with Gasteiger partial charge in [-0.3, -0.25) is 4.79 Å². The summed E-state index contributed by atoms with van der Waals surface area (Å²) in [4.78, 5) is 13.3. The van der Waals surface area contributed by atoms with E-state index in [2.05, 4.69) is 13.8 Å². The van der Waals surface area contributed by atoms with Crippen LogP contribution in [0.5, 0.6) is 0 Å². The van der Waals surface area contributed by atoms with Crippen molar-refractivity contribution in [1.29, 1.82) is 0 Å². The molecule has 1 atom stereocenters. The second kappa shape index (κ2) is 5.35. The average Bonchev–Trinajstić information content (AvgIpc) is 2.62. The highest BCUT2D eigenvalue weighted by Crippen LogP contribution is 2.14. The first kappa shape index (κ1) is 11.5. The highest BCUT2D eigenvalue weighted by Gasteiger charge is 2.25. The Morgan fingerprint density at radius 2 is 2.29 bits per heavy atom. The van der Waals surface area contributed by atoms with Crippen molar-refractivity contribution in [2.24, 2.45) is 5.92 Å². The zero-order valence-electron chi connectivity index (χ0n) is 9.45. The maximum Gasteiger partial charge on any atom is 0.222 e. The summed E-state index contributed by atoms with van der Waals surface area (Å²) in [7, 11) is 0. The summed E-state index contributed by atoms with van der Waals surface area (Å²) < 4.78 is 5.70. The molecule has 0 spiro atoms. The molecule has 0 aromatic carbocycles. The summed E-state index contributed by atoms with van der Waals surface area (Å²) in [6.45, 7) is 8.66. The van der Waals surface area contributed by atoms with Gasteiger partial charge in [-0.25, -0.2) is 0 Å². The molecule has 1 unspecified atom stereocenters. The molecule has 0 bridgehead atoms. The van der Waals surface area contributed by atoms with Crippen LogP contribution in [0.1, 0.15) is 33.6 Å². The molecule has 1 fully saturated rings. The fraction of sp³-hybridized carbons (Fsp3) is 0.909. The Labute approximate surface area is 86.4 Å². The van der Waals surface area contributed by atoms with E-state index in [0.717, 1.165) is 26.1 Å². The minimum Gasteiger partial charge on any atom is -0.376 e. The molecule has 0 aliphatic carbocycles. The van der Waals surface area contributed by atoms with Crippen molar-refractivity contribution in [2.75, 3.05) is 19.7 Å². The van der Waals surface area contributed by atoms with Gasteiger partial charge in [-0.1, -0.05) is 20.8 Å². The standard InChI is InChI=1S/C11H21NO2/c1-4-11(13)12-6-5-10(7-12)14-8-9(2)3/h9-10H,4-8H2,1-3H3. The molecule has 0 radical (unpaired) electrons.